The highest BCUT2D eigenvalue weighted by atomic mass is 16.5. The molecule has 14 heavy (non-hydrogen) atoms. The molecule has 0 fully saturated rings. The number of carbonyl (C=O) groups excluding carboxylic acids is 1. The molecule has 2 nitrogen and oxygen atoms in total. The first-order chi connectivity index (χ1) is 6.56. The molecular weight excluding hydrogens is 176 g/mol. The van der Waals surface area contributed by atoms with Crippen molar-refractivity contribution in [3.63, 3.8) is 0 Å². The van der Waals surface area contributed by atoms with E-state index in [0.717, 1.165) is 16.7 Å². The summed E-state index contributed by atoms with van der Waals surface area (Å²) in [5.41, 5.74) is 3.77. The van der Waals surface area contributed by atoms with Gasteiger partial charge in [-0.25, -0.2) is 4.79 Å². The molecule has 1 rings (SSSR count). The van der Waals surface area contributed by atoms with Gasteiger partial charge in [-0.1, -0.05) is 17.7 Å². The largest absolute Gasteiger partial charge is 0.455 e. The minimum atomic E-state index is -0.275. The fourth-order valence-electron chi connectivity index (χ4n) is 1.67. The molecule has 0 N–H and O–H groups in total. The monoisotopic (exact) mass is 191 g/mol. The first-order valence-corrected chi connectivity index (χ1v) is 4.63. The highest BCUT2D eigenvalue weighted by Crippen LogP contribution is 2.17. The van der Waals surface area contributed by atoms with E-state index >= 15 is 0 Å². The minimum absolute atomic E-state index is 0.275. The van der Waals surface area contributed by atoms with Crippen LogP contribution in [-0.2, 0) is 4.74 Å². The van der Waals surface area contributed by atoms with Crippen LogP contribution in [0.15, 0.2) is 12.1 Å². The van der Waals surface area contributed by atoms with Gasteiger partial charge in [-0.15, -0.1) is 0 Å². The lowest BCUT2D eigenvalue weighted by Gasteiger charge is -2.09. The van der Waals surface area contributed by atoms with Crippen molar-refractivity contribution in [1.29, 1.82) is 0 Å². The van der Waals surface area contributed by atoms with Crippen LogP contribution in [0.2, 0.25) is 0 Å². The lowest BCUT2D eigenvalue weighted by atomic mass is 10.00. The molecule has 0 aliphatic carbocycles. The van der Waals surface area contributed by atoms with Gasteiger partial charge in [0.1, 0.15) is 6.61 Å². The second-order valence-corrected chi connectivity index (χ2v) is 3.41. The lowest BCUT2D eigenvalue weighted by molar-refractivity contribution is 0.0611. The van der Waals surface area contributed by atoms with Gasteiger partial charge in [-0.2, -0.15) is 0 Å². The third-order valence-electron chi connectivity index (χ3n) is 2.11. The number of carbonyl (C=O) groups is 1. The van der Waals surface area contributed by atoms with Crippen molar-refractivity contribution in [2.45, 2.75) is 27.7 Å². The summed E-state index contributed by atoms with van der Waals surface area (Å²) in [5.74, 6) is -0.275. The van der Waals surface area contributed by atoms with E-state index in [0.29, 0.717) is 5.56 Å². The maximum atomic E-state index is 11.5. The molecule has 0 amide bonds. The highest BCUT2D eigenvalue weighted by Gasteiger charge is 2.13. The molecule has 0 aromatic heterocycles. The predicted octanol–water partition coefficient (Wildman–Crippen LogP) is 2.95. The van der Waals surface area contributed by atoms with Crippen LogP contribution in [0.5, 0.6) is 0 Å². The van der Waals surface area contributed by atoms with E-state index in [9.17, 15) is 4.79 Å². The standard InChI is InChI=1S/C12H15O2/c1-5-14-12(13)11-9(3)6-8(2)7-10(11)4/h5-7H,1-4H3. The van der Waals surface area contributed by atoms with Crippen molar-refractivity contribution < 1.29 is 9.53 Å². The second kappa shape index (κ2) is 4.27. The number of hydrogen-bond acceptors (Lipinski definition) is 2. The Labute approximate surface area is 84.9 Å². The number of ether oxygens (including phenoxy) is 1. The quantitative estimate of drug-likeness (QED) is 0.672. The molecule has 0 aliphatic heterocycles. The smallest absolute Gasteiger partial charge is 0.339 e. The zero-order chi connectivity index (χ0) is 10.7. The molecule has 0 aliphatic rings. The van der Waals surface area contributed by atoms with Crippen LogP contribution in [0.4, 0.5) is 0 Å². The molecule has 2 heteroatoms. The van der Waals surface area contributed by atoms with Gasteiger partial charge in [0.25, 0.3) is 0 Å². The zero-order valence-electron chi connectivity index (χ0n) is 9.05. The van der Waals surface area contributed by atoms with Crippen LogP contribution in [0.25, 0.3) is 0 Å². The third kappa shape index (κ3) is 2.13. The van der Waals surface area contributed by atoms with Crippen LogP contribution in [0.3, 0.4) is 0 Å². The maximum absolute atomic E-state index is 11.5. The Morgan fingerprint density at radius 2 is 1.71 bits per heavy atom. The SMILES string of the molecule is C[CH]OC(=O)c1c(C)cc(C)cc1C. The number of benzene rings is 1. The van der Waals surface area contributed by atoms with E-state index in [1.807, 2.05) is 32.9 Å². The molecule has 1 aromatic carbocycles. The van der Waals surface area contributed by atoms with Crippen LogP contribution in [-0.4, -0.2) is 5.97 Å². The van der Waals surface area contributed by atoms with Crippen molar-refractivity contribution in [3.8, 4) is 0 Å². The molecule has 75 valence electrons. The number of rotatable bonds is 2. The Morgan fingerprint density at radius 1 is 1.21 bits per heavy atom. The number of aryl methyl sites for hydroxylation is 3. The molecule has 0 unspecified atom stereocenters. The van der Waals surface area contributed by atoms with Gasteiger partial charge in [0.05, 0.1) is 5.56 Å². The predicted molar refractivity (Wildman–Crippen MR) is 56.0 cm³/mol. The summed E-state index contributed by atoms with van der Waals surface area (Å²) in [4.78, 5) is 11.5. The molecule has 0 heterocycles. The van der Waals surface area contributed by atoms with E-state index < -0.39 is 0 Å². The zero-order valence-corrected chi connectivity index (χ0v) is 9.05. The van der Waals surface area contributed by atoms with E-state index in [1.165, 1.54) is 6.61 Å². The fourth-order valence-corrected chi connectivity index (χ4v) is 1.67. The Bertz CT molecular complexity index is 330. The van der Waals surface area contributed by atoms with Gasteiger partial charge in [0, 0.05) is 0 Å². The third-order valence-corrected chi connectivity index (χ3v) is 2.11. The van der Waals surface area contributed by atoms with Gasteiger partial charge in [-0.05, 0) is 38.8 Å². The minimum Gasteiger partial charge on any atom is -0.455 e. The Hall–Kier alpha value is -1.31. The van der Waals surface area contributed by atoms with Gasteiger partial charge >= 0.3 is 5.97 Å². The van der Waals surface area contributed by atoms with E-state index in [1.54, 1.807) is 6.92 Å². The first-order valence-electron chi connectivity index (χ1n) is 4.63. The van der Waals surface area contributed by atoms with Gasteiger partial charge in [0.2, 0.25) is 0 Å². The summed E-state index contributed by atoms with van der Waals surface area (Å²) in [6.45, 7) is 8.96. The second-order valence-electron chi connectivity index (χ2n) is 3.41. The van der Waals surface area contributed by atoms with Crippen LogP contribution in [0.1, 0.15) is 34.0 Å². The van der Waals surface area contributed by atoms with E-state index in [-0.39, 0.29) is 5.97 Å². The summed E-state index contributed by atoms with van der Waals surface area (Å²) >= 11 is 0. The van der Waals surface area contributed by atoms with Crippen molar-refractivity contribution in [2.75, 3.05) is 0 Å². The maximum Gasteiger partial charge on any atom is 0.339 e. The van der Waals surface area contributed by atoms with E-state index in [4.69, 9.17) is 4.74 Å². The Kier molecular flexibility index (Phi) is 3.28. The average molecular weight is 191 g/mol. The molecule has 1 aromatic rings. The molecule has 0 saturated carbocycles. The molecule has 0 saturated heterocycles. The summed E-state index contributed by atoms with van der Waals surface area (Å²) < 4.78 is 4.87. The summed E-state index contributed by atoms with van der Waals surface area (Å²) in [5, 5.41) is 0. The number of hydrogen-bond donors (Lipinski definition) is 0. The van der Waals surface area contributed by atoms with Crippen molar-refractivity contribution in [1.82, 2.24) is 0 Å². The lowest BCUT2D eigenvalue weighted by Crippen LogP contribution is -2.07. The van der Waals surface area contributed by atoms with Crippen LogP contribution in [0, 0.1) is 27.4 Å². The average Bonchev–Trinajstić information content (AvgIpc) is 2.01. The van der Waals surface area contributed by atoms with Gasteiger partial charge in [-0.3, -0.25) is 0 Å². The summed E-state index contributed by atoms with van der Waals surface area (Å²) in [7, 11) is 0. The highest BCUT2D eigenvalue weighted by molar-refractivity contribution is 5.93. The molecule has 0 atom stereocenters. The normalized spacial score (nSPS) is 10.0. The topological polar surface area (TPSA) is 26.3 Å². The van der Waals surface area contributed by atoms with Crippen molar-refractivity contribution in [2.24, 2.45) is 0 Å². The Morgan fingerprint density at radius 3 is 2.14 bits per heavy atom. The van der Waals surface area contributed by atoms with Crippen LogP contribution >= 0.6 is 0 Å². The molecule has 0 bridgehead atoms. The van der Waals surface area contributed by atoms with Crippen molar-refractivity contribution >= 4 is 5.97 Å². The van der Waals surface area contributed by atoms with Gasteiger partial charge < -0.3 is 4.74 Å². The van der Waals surface area contributed by atoms with Gasteiger partial charge in [0.15, 0.2) is 0 Å². The van der Waals surface area contributed by atoms with Crippen LogP contribution < -0.4 is 0 Å². The molecule has 1 radical (unpaired) electrons. The van der Waals surface area contributed by atoms with Crippen molar-refractivity contribution in [3.05, 3.63) is 41.0 Å². The Balaban J connectivity index is 3.14. The fraction of sp³-hybridized carbons (Fsp3) is 0.333. The molecule has 0 spiro atoms. The number of esters is 1. The molecular formula is C12H15O2. The van der Waals surface area contributed by atoms with E-state index in [2.05, 4.69) is 0 Å². The first kappa shape index (κ1) is 10.8. The summed E-state index contributed by atoms with van der Waals surface area (Å²) in [6, 6.07) is 3.97. The summed E-state index contributed by atoms with van der Waals surface area (Å²) in [6.07, 6.45) is 0.